The van der Waals surface area contributed by atoms with E-state index in [1.807, 2.05) is 24.3 Å². The molecule has 1 amide bonds. The van der Waals surface area contributed by atoms with E-state index in [0.29, 0.717) is 41.5 Å². The Bertz CT molecular complexity index is 1270. The van der Waals surface area contributed by atoms with Gasteiger partial charge in [0.25, 0.3) is 5.91 Å². The number of rotatable bonds is 7. The fourth-order valence-electron chi connectivity index (χ4n) is 5.54. The second-order valence-corrected chi connectivity index (χ2v) is 9.79. The molecule has 0 aliphatic carbocycles. The fraction of sp³-hybridized carbons (Fsp3) is 0.407. The molecule has 2 aliphatic heterocycles. The number of aliphatic hydroxyl groups excluding tert-OH is 1. The first-order valence-electron chi connectivity index (χ1n) is 12.2. The molecule has 2 fully saturated rings. The molecule has 5 rings (SSSR count). The Morgan fingerprint density at radius 1 is 1.14 bits per heavy atom. The molecule has 0 radical (unpaired) electrons. The van der Waals surface area contributed by atoms with Gasteiger partial charge in [0, 0.05) is 49.2 Å². The fourth-order valence-corrected chi connectivity index (χ4v) is 5.54. The zero-order chi connectivity index (χ0) is 24.5. The zero-order valence-electron chi connectivity index (χ0n) is 19.9. The smallest absolute Gasteiger partial charge is 0.254 e. The van der Waals surface area contributed by atoms with Crippen molar-refractivity contribution in [2.45, 2.75) is 25.0 Å². The number of pyridine rings is 1. The van der Waals surface area contributed by atoms with Crippen LogP contribution in [0.1, 0.15) is 34.0 Å². The molecule has 0 spiro atoms. The first-order valence-corrected chi connectivity index (χ1v) is 12.2. The van der Waals surface area contributed by atoms with Gasteiger partial charge in [0.05, 0.1) is 11.6 Å². The molecule has 3 heterocycles. The molecule has 3 atom stereocenters. The van der Waals surface area contributed by atoms with Crippen LogP contribution in [0, 0.1) is 5.92 Å². The van der Waals surface area contributed by atoms with Crippen LogP contribution in [0.4, 0.5) is 0 Å². The second kappa shape index (κ2) is 9.81. The van der Waals surface area contributed by atoms with Crippen LogP contribution < -0.4 is 10.9 Å². The van der Waals surface area contributed by atoms with Gasteiger partial charge in [-0.1, -0.05) is 18.2 Å². The number of benzene rings is 2. The molecule has 3 unspecified atom stereocenters. The van der Waals surface area contributed by atoms with Gasteiger partial charge in [-0.2, -0.15) is 0 Å². The highest BCUT2D eigenvalue weighted by Crippen LogP contribution is 2.32. The monoisotopic (exact) mass is 476 g/mol. The number of H-pyrrole nitrogens is 1. The van der Waals surface area contributed by atoms with E-state index in [-0.39, 0.29) is 17.2 Å². The summed E-state index contributed by atoms with van der Waals surface area (Å²) in [5.41, 5.74) is 2.52. The second-order valence-electron chi connectivity index (χ2n) is 9.79. The lowest BCUT2D eigenvalue weighted by atomic mass is 10.0. The molecule has 2 saturated heterocycles. The minimum absolute atomic E-state index is 0.0244. The van der Waals surface area contributed by atoms with Gasteiger partial charge in [-0.3, -0.25) is 9.59 Å². The number of aromatic nitrogens is 1. The van der Waals surface area contributed by atoms with Crippen LogP contribution in [0.15, 0.2) is 53.3 Å². The Morgan fingerprint density at radius 2 is 1.94 bits per heavy atom. The van der Waals surface area contributed by atoms with Crippen LogP contribution in [-0.2, 0) is 6.42 Å². The van der Waals surface area contributed by atoms with Crippen molar-refractivity contribution in [2.24, 2.45) is 5.92 Å². The summed E-state index contributed by atoms with van der Waals surface area (Å²) in [6, 6.07) is 14.3. The predicted octanol–water partition coefficient (Wildman–Crippen LogP) is 1.88. The number of phenols is 1. The van der Waals surface area contributed by atoms with Gasteiger partial charge in [-0.15, -0.1) is 0 Å². The number of nitrogens with one attached hydrogen (secondary N) is 2. The molecular formula is C27H32N4O4. The summed E-state index contributed by atoms with van der Waals surface area (Å²) in [5, 5.41) is 24.6. The van der Waals surface area contributed by atoms with E-state index in [1.165, 1.54) is 12.1 Å². The van der Waals surface area contributed by atoms with Crippen LogP contribution >= 0.6 is 0 Å². The molecule has 4 N–H and O–H groups in total. The van der Waals surface area contributed by atoms with Gasteiger partial charge in [-0.25, -0.2) is 0 Å². The topological polar surface area (TPSA) is 109 Å². The number of likely N-dealkylation sites (N-methyl/N-ethyl adjacent to an activating group) is 1. The van der Waals surface area contributed by atoms with Gasteiger partial charge >= 0.3 is 0 Å². The van der Waals surface area contributed by atoms with E-state index in [9.17, 15) is 19.8 Å². The number of fused-ring (bicyclic) bond motifs is 2. The number of carbonyl (C=O) groups excluding carboxylic acids is 1. The summed E-state index contributed by atoms with van der Waals surface area (Å²) in [6.45, 7) is 3.89. The first-order chi connectivity index (χ1) is 16.9. The maximum atomic E-state index is 13.0. The first kappa shape index (κ1) is 23.5. The van der Waals surface area contributed by atoms with Crippen molar-refractivity contribution < 1.29 is 15.0 Å². The lowest BCUT2D eigenvalue weighted by Gasteiger charge is -2.24. The van der Waals surface area contributed by atoms with Crippen molar-refractivity contribution >= 4 is 16.8 Å². The summed E-state index contributed by atoms with van der Waals surface area (Å²) < 4.78 is 0. The van der Waals surface area contributed by atoms with Gasteiger partial charge in [0.15, 0.2) is 0 Å². The third kappa shape index (κ3) is 4.82. The van der Waals surface area contributed by atoms with Crippen molar-refractivity contribution in [3.8, 4) is 5.75 Å². The molecule has 2 aliphatic rings. The van der Waals surface area contributed by atoms with Crippen molar-refractivity contribution in [2.75, 3.05) is 39.8 Å². The van der Waals surface area contributed by atoms with Crippen molar-refractivity contribution in [1.29, 1.82) is 0 Å². The van der Waals surface area contributed by atoms with E-state index >= 15 is 0 Å². The number of likely N-dealkylation sites (tertiary alicyclic amines) is 2. The minimum Gasteiger partial charge on any atom is -0.506 e. The lowest BCUT2D eigenvalue weighted by molar-refractivity contribution is 0.0729. The van der Waals surface area contributed by atoms with Gasteiger partial charge in [0.2, 0.25) is 5.56 Å². The number of hydrogen-bond donors (Lipinski definition) is 4. The lowest BCUT2D eigenvalue weighted by Crippen LogP contribution is -2.39. The molecule has 0 saturated carbocycles. The van der Waals surface area contributed by atoms with Gasteiger partial charge in [-0.05, 0) is 67.7 Å². The summed E-state index contributed by atoms with van der Waals surface area (Å²) >= 11 is 0. The number of nitrogens with zero attached hydrogens (tertiary/aromatic N) is 2. The summed E-state index contributed by atoms with van der Waals surface area (Å²) in [4.78, 5) is 31.6. The largest absolute Gasteiger partial charge is 0.506 e. The Morgan fingerprint density at radius 3 is 2.74 bits per heavy atom. The van der Waals surface area contributed by atoms with Crippen LogP contribution in [0.2, 0.25) is 0 Å². The van der Waals surface area contributed by atoms with Crippen LogP contribution in [0.3, 0.4) is 0 Å². The maximum Gasteiger partial charge on any atom is 0.254 e. The molecule has 2 aromatic carbocycles. The van der Waals surface area contributed by atoms with Crippen LogP contribution in [-0.4, -0.2) is 76.7 Å². The van der Waals surface area contributed by atoms with Crippen LogP contribution in [0.25, 0.3) is 10.9 Å². The Kier molecular flexibility index (Phi) is 6.60. The third-order valence-electron chi connectivity index (χ3n) is 7.39. The van der Waals surface area contributed by atoms with Crippen LogP contribution in [0.5, 0.6) is 5.75 Å². The van der Waals surface area contributed by atoms with E-state index in [2.05, 4.69) is 27.1 Å². The standard InChI is InChI=1S/C27H32N4O4/c1-30-15-19-11-13-31(22(19)16-30)27(35)18-4-2-17(3-5-18)10-12-28-14-24(33)20-6-8-23(32)26-21(20)7-9-25(34)29-26/h2-9,19,22,24,28,32-33H,10-16H2,1H3,(H,29,34). The number of aromatic hydroxyl groups is 1. The average Bonchev–Trinajstić information content (AvgIpc) is 3.41. The van der Waals surface area contributed by atoms with Crippen molar-refractivity contribution in [1.82, 2.24) is 20.1 Å². The molecule has 8 nitrogen and oxygen atoms in total. The average molecular weight is 477 g/mol. The SMILES string of the molecule is CN1CC2CCN(C(=O)c3ccc(CCNCC(O)c4ccc(O)c5[nH]c(=O)ccc45)cc3)C2C1. The molecule has 8 heteroatoms. The molecular weight excluding hydrogens is 444 g/mol. The maximum absolute atomic E-state index is 13.0. The van der Waals surface area contributed by atoms with E-state index in [4.69, 9.17) is 0 Å². The summed E-state index contributed by atoms with van der Waals surface area (Å²) in [7, 11) is 2.12. The predicted molar refractivity (Wildman–Crippen MR) is 135 cm³/mol. The normalized spacial score (nSPS) is 20.9. The number of hydrogen-bond acceptors (Lipinski definition) is 6. The highest BCUT2D eigenvalue weighted by molar-refractivity contribution is 5.94. The summed E-state index contributed by atoms with van der Waals surface area (Å²) in [6.07, 6.45) is 1.07. The molecule has 3 aromatic rings. The van der Waals surface area contributed by atoms with Crippen molar-refractivity contribution in [3.63, 3.8) is 0 Å². The highest BCUT2D eigenvalue weighted by atomic mass is 16.3. The minimum atomic E-state index is -0.789. The van der Waals surface area contributed by atoms with Crippen molar-refractivity contribution in [3.05, 3.63) is 75.6 Å². The quantitative estimate of drug-likeness (QED) is 0.388. The molecule has 0 bridgehead atoms. The molecule has 1 aromatic heterocycles. The Balaban J connectivity index is 1.14. The van der Waals surface area contributed by atoms with E-state index in [0.717, 1.165) is 43.6 Å². The zero-order valence-corrected chi connectivity index (χ0v) is 19.9. The van der Waals surface area contributed by atoms with Gasteiger partial charge in [0.1, 0.15) is 5.75 Å². The summed E-state index contributed by atoms with van der Waals surface area (Å²) in [5.74, 6) is 0.707. The van der Waals surface area contributed by atoms with E-state index in [1.54, 1.807) is 12.1 Å². The molecule has 35 heavy (non-hydrogen) atoms. The number of aromatic amines is 1. The number of aliphatic hydroxyl groups is 1. The van der Waals surface area contributed by atoms with Gasteiger partial charge < -0.3 is 30.3 Å². The highest BCUT2D eigenvalue weighted by Gasteiger charge is 2.42. The third-order valence-corrected chi connectivity index (χ3v) is 7.39. The number of phenolic OH excluding ortho intramolecular Hbond substituents is 1. The Labute approximate surface area is 204 Å². The van der Waals surface area contributed by atoms with E-state index < -0.39 is 6.10 Å². The molecule has 184 valence electrons. The number of carbonyl (C=O) groups is 1. The number of amides is 1. The Hall–Kier alpha value is -3.20.